The summed E-state index contributed by atoms with van der Waals surface area (Å²) in [4.78, 5) is 24.7. The zero-order valence-electron chi connectivity index (χ0n) is 9.26. The lowest BCUT2D eigenvalue weighted by Crippen LogP contribution is -2.29. The lowest BCUT2D eigenvalue weighted by Gasteiger charge is -2.14. The fourth-order valence-corrected chi connectivity index (χ4v) is 2.75. The van der Waals surface area contributed by atoms with Crippen LogP contribution in [0.5, 0.6) is 0 Å². The maximum Gasteiger partial charge on any atom is 0.299 e. The Labute approximate surface area is 115 Å². The van der Waals surface area contributed by atoms with Gasteiger partial charge in [-0.3, -0.25) is 14.5 Å². The first-order valence-corrected chi connectivity index (χ1v) is 6.40. The number of rotatable bonds is 2. The maximum absolute atomic E-state index is 13.8. The van der Waals surface area contributed by atoms with Gasteiger partial charge < -0.3 is 0 Å². The van der Waals surface area contributed by atoms with Crippen molar-refractivity contribution in [3.8, 4) is 0 Å². The molecule has 0 unspecified atom stereocenters. The molecule has 5 nitrogen and oxygen atoms in total. The van der Waals surface area contributed by atoms with Gasteiger partial charge in [-0.05, 0) is 23.7 Å². The summed E-state index contributed by atoms with van der Waals surface area (Å²) in [6.45, 7) is -0.0249. The third kappa shape index (κ3) is 1.91. The third-order valence-electron chi connectivity index (χ3n) is 2.68. The van der Waals surface area contributed by atoms with Gasteiger partial charge in [0.05, 0.1) is 17.8 Å². The molecule has 1 aromatic carbocycles. The maximum atomic E-state index is 13.8. The van der Waals surface area contributed by atoms with Gasteiger partial charge in [-0.1, -0.05) is 17.4 Å². The molecule has 0 N–H and O–H groups in total. The summed E-state index contributed by atoms with van der Waals surface area (Å²) in [6, 6.07) is 4.02. The van der Waals surface area contributed by atoms with Crippen LogP contribution >= 0.6 is 22.9 Å². The SMILES string of the molecule is O=C1C(=O)N(Cc2nnc(Cl)s2)c2c(F)cccc21. The Hall–Kier alpha value is -1.86. The Morgan fingerprint density at radius 1 is 1.32 bits per heavy atom. The highest BCUT2D eigenvalue weighted by molar-refractivity contribution is 7.15. The van der Waals surface area contributed by atoms with Crippen molar-refractivity contribution >= 4 is 40.3 Å². The van der Waals surface area contributed by atoms with Crippen LogP contribution in [0.2, 0.25) is 4.47 Å². The second kappa shape index (κ2) is 4.36. The molecule has 2 aromatic rings. The van der Waals surface area contributed by atoms with Crippen LogP contribution in [-0.2, 0) is 11.3 Å². The third-order valence-corrected chi connectivity index (χ3v) is 3.68. The Bertz CT molecular complexity index is 703. The lowest BCUT2D eigenvalue weighted by atomic mass is 10.1. The quantitative estimate of drug-likeness (QED) is 0.796. The Balaban J connectivity index is 2.04. The number of carbonyl (C=O) groups is 2. The number of fused-ring (bicyclic) bond motifs is 1. The van der Waals surface area contributed by atoms with E-state index in [2.05, 4.69) is 10.2 Å². The number of amides is 1. The molecule has 0 spiro atoms. The van der Waals surface area contributed by atoms with Gasteiger partial charge in [0.1, 0.15) is 10.8 Å². The predicted molar refractivity (Wildman–Crippen MR) is 66.8 cm³/mol. The second-order valence-corrected chi connectivity index (χ2v) is 5.45. The van der Waals surface area contributed by atoms with E-state index in [1.165, 1.54) is 18.2 Å². The van der Waals surface area contributed by atoms with Crippen molar-refractivity contribution in [1.82, 2.24) is 10.2 Å². The Kier molecular flexibility index (Phi) is 2.79. The first-order chi connectivity index (χ1) is 9.08. The standard InChI is InChI=1S/C11H5ClFN3O2S/c12-11-15-14-7(19-11)4-16-8-5(9(17)10(16)18)2-1-3-6(8)13/h1-3H,4H2. The van der Waals surface area contributed by atoms with Gasteiger partial charge in [0.2, 0.25) is 4.47 Å². The minimum atomic E-state index is -0.772. The molecule has 0 atom stereocenters. The number of carbonyl (C=O) groups excluding carboxylic acids is 2. The van der Waals surface area contributed by atoms with Crippen molar-refractivity contribution in [2.24, 2.45) is 0 Å². The van der Waals surface area contributed by atoms with Gasteiger partial charge in [0, 0.05) is 0 Å². The van der Waals surface area contributed by atoms with Gasteiger partial charge in [-0.15, -0.1) is 10.2 Å². The summed E-state index contributed by atoms with van der Waals surface area (Å²) < 4.78 is 14.0. The summed E-state index contributed by atoms with van der Waals surface area (Å²) >= 11 is 6.72. The van der Waals surface area contributed by atoms with Gasteiger partial charge in [-0.25, -0.2) is 4.39 Å². The van der Waals surface area contributed by atoms with Crippen LogP contribution < -0.4 is 4.90 Å². The van der Waals surface area contributed by atoms with E-state index < -0.39 is 17.5 Å². The van der Waals surface area contributed by atoms with Crippen molar-refractivity contribution in [3.05, 3.63) is 39.1 Å². The monoisotopic (exact) mass is 297 g/mol. The van der Waals surface area contributed by atoms with Crippen LogP contribution in [0.1, 0.15) is 15.4 Å². The molecule has 2 heterocycles. The normalized spacial score (nSPS) is 14.1. The van der Waals surface area contributed by atoms with Gasteiger partial charge in [-0.2, -0.15) is 0 Å². The van der Waals surface area contributed by atoms with Crippen LogP contribution in [0.4, 0.5) is 10.1 Å². The minimum Gasteiger partial charge on any atom is -0.295 e. The summed E-state index contributed by atoms with van der Waals surface area (Å²) in [7, 11) is 0. The molecule has 96 valence electrons. The van der Waals surface area contributed by atoms with E-state index in [1.807, 2.05) is 0 Å². The molecule has 19 heavy (non-hydrogen) atoms. The van der Waals surface area contributed by atoms with Crippen molar-refractivity contribution in [2.45, 2.75) is 6.54 Å². The van der Waals surface area contributed by atoms with E-state index in [9.17, 15) is 14.0 Å². The van der Waals surface area contributed by atoms with Gasteiger partial charge >= 0.3 is 0 Å². The average molecular weight is 298 g/mol. The number of ketones is 1. The molecule has 1 aliphatic heterocycles. The average Bonchev–Trinajstić information content (AvgIpc) is 2.89. The number of Topliss-reactive ketones (excluding diaryl/α,β-unsaturated/α-hetero) is 1. The van der Waals surface area contributed by atoms with E-state index in [0.29, 0.717) is 5.01 Å². The molecule has 8 heteroatoms. The molecule has 1 amide bonds. The molecular weight excluding hydrogens is 293 g/mol. The lowest BCUT2D eigenvalue weighted by molar-refractivity contribution is -0.114. The predicted octanol–water partition coefficient (Wildman–Crippen LogP) is 2.06. The van der Waals surface area contributed by atoms with Crippen LogP contribution in [0.15, 0.2) is 18.2 Å². The highest BCUT2D eigenvalue weighted by Crippen LogP contribution is 2.33. The second-order valence-electron chi connectivity index (χ2n) is 3.81. The summed E-state index contributed by atoms with van der Waals surface area (Å²) in [5.74, 6) is -2.11. The molecule has 0 bridgehead atoms. The Morgan fingerprint density at radius 3 is 2.79 bits per heavy atom. The van der Waals surface area contributed by atoms with Crippen LogP contribution in [-0.4, -0.2) is 21.9 Å². The molecule has 1 aromatic heterocycles. The zero-order chi connectivity index (χ0) is 13.6. The zero-order valence-corrected chi connectivity index (χ0v) is 10.8. The molecule has 0 saturated carbocycles. The van der Waals surface area contributed by atoms with Crippen molar-refractivity contribution < 1.29 is 14.0 Å². The number of hydrogen-bond donors (Lipinski definition) is 0. The fraction of sp³-hybridized carbons (Fsp3) is 0.0909. The number of anilines is 1. The number of halogens is 2. The number of benzene rings is 1. The number of para-hydroxylation sites is 1. The first-order valence-electron chi connectivity index (χ1n) is 5.20. The highest BCUT2D eigenvalue weighted by atomic mass is 35.5. The minimum absolute atomic E-state index is 0.0103. The van der Waals surface area contributed by atoms with E-state index in [1.54, 1.807) is 0 Å². The summed E-state index contributed by atoms with van der Waals surface area (Å²) in [5, 5.41) is 7.78. The molecule has 1 aliphatic rings. The van der Waals surface area contributed by atoms with Gasteiger partial charge in [0.15, 0.2) is 0 Å². The van der Waals surface area contributed by atoms with Crippen LogP contribution in [0.25, 0.3) is 0 Å². The molecule has 0 fully saturated rings. The molecule has 0 saturated heterocycles. The molecular formula is C11H5ClFN3O2S. The topological polar surface area (TPSA) is 63.2 Å². The van der Waals surface area contributed by atoms with Crippen molar-refractivity contribution in [2.75, 3.05) is 4.90 Å². The van der Waals surface area contributed by atoms with Crippen molar-refractivity contribution in [1.29, 1.82) is 0 Å². The fourth-order valence-electron chi connectivity index (χ4n) is 1.90. The van der Waals surface area contributed by atoms with E-state index in [4.69, 9.17) is 11.6 Å². The largest absolute Gasteiger partial charge is 0.299 e. The molecule has 3 rings (SSSR count). The molecule has 0 radical (unpaired) electrons. The summed E-state index contributed by atoms with van der Waals surface area (Å²) in [5.41, 5.74) is 0.0597. The van der Waals surface area contributed by atoms with E-state index >= 15 is 0 Å². The smallest absolute Gasteiger partial charge is 0.295 e. The van der Waals surface area contributed by atoms with Crippen LogP contribution in [0.3, 0.4) is 0 Å². The van der Waals surface area contributed by atoms with Crippen molar-refractivity contribution in [3.63, 3.8) is 0 Å². The summed E-state index contributed by atoms with van der Waals surface area (Å²) in [6.07, 6.45) is 0. The molecule has 0 aliphatic carbocycles. The van der Waals surface area contributed by atoms with Crippen LogP contribution in [0, 0.1) is 5.82 Å². The number of nitrogens with zero attached hydrogens (tertiary/aromatic N) is 3. The Morgan fingerprint density at radius 2 is 2.11 bits per heavy atom. The highest BCUT2D eigenvalue weighted by Gasteiger charge is 2.38. The number of hydrogen-bond acceptors (Lipinski definition) is 5. The number of aromatic nitrogens is 2. The van der Waals surface area contributed by atoms with E-state index in [-0.39, 0.29) is 22.3 Å². The van der Waals surface area contributed by atoms with E-state index in [0.717, 1.165) is 16.2 Å². The first kappa shape index (κ1) is 12.2. The van der Waals surface area contributed by atoms with Gasteiger partial charge in [0.25, 0.3) is 11.7 Å².